The molecule has 1 aliphatic heterocycles. The van der Waals surface area contributed by atoms with Crippen LogP contribution in [0.25, 0.3) is 0 Å². The van der Waals surface area contributed by atoms with Crippen LogP contribution in [0.15, 0.2) is 80.2 Å². The standard InChI is InChI=1S/C29H35IO6S/c1-7-28(3,4)22-11-14-26(20-30(19-22)37(32,33)34)36-25-17-15-24(16-18-25)35-23-12-9-21(10-13-23)27(31)29(5,6)8-2/h9-20H,7-8H2,1-6H3,(H,32,33,34). The Bertz CT molecular complexity index is 1320. The second kappa shape index (κ2) is 11.5. The number of hydrogen-bond donors (Lipinski definition) is 1. The number of hydrogen-bond acceptors (Lipinski definition) is 5. The molecule has 0 fully saturated rings. The summed E-state index contributed by atoms with van der Waals surface area (Å²) in [4.78, 5) is 12.6. The van der Waals surface area contributed by atoms with Gasteiger partial charge in [-0.05, 0) is 6.42 Å². The van der Waals surface area contributed by atoms with Crippen molar-refractivity contribution in [3.05, 3.63) is 85.7 Å². The molecule has 2 aromatic rings. The van der Waals surface area contributed by atoms with Crippen LogP contribution in [0.2, 0.25) is 0 Å². The van der Waals surface area contributed by atoms with Crippen LogP contribution in [0.1, 0.15) is 64.7 Å². The van der Waals surface area contributed by atoms with Gasteiger partial charge in [0.05, 0.1) is 0 Å². The predicted molar refractivity (Wildman–Crippen MR) is 157 cm³/mol. The molecule has 0 amide bonds. The molecule has 6 nitrogen and oxygen atoms in total. The number of benzene rings is 2. The quantitative estimate of drug-likeness (QED) is 0.122. The van der Waals surface area contributed by atoms with Gasteiger partial charge in [0.15, 0.2) is 5.78 Å². The molecule has 1 aliphatic rings. The van der Waals surface area contributed by atoms with Crippen LogP contribution < -0.4 is 9.47 Å². The van der Waals surface area contributed by atoms with Gasteiger partial charge in [-0.2, -0.15) is 0 Å². The summed E-state index contributed by atoms with van der Waals surface area (Å²) >= 11 is -3.05. The van der Waals surface area contributed by atoms with Crippen molar-refractivity contribution in [2.24, 2.45) is 10.8 Å². The topological polar surface area (TPSA) is 89.9 Å². The molecule has 8 heteroatoms. The van der Waals surface area contributed by atoms with Crippen molar-refractivity contribution in [1.29, 1.82) is 0 Å². The first-order valence-electron chi connectivity index (χ1n) is 12.1. The van der Waals surface area contributed by atoms with Gasteiger partial charge in [0.1, 0.15) is 0 Å². The van der Waals surface area contributed by atoms with Crippen molar-refractivity contribution in [2.75, 3.05) is 0 Å². The third kappa shape index (κ3) is 7.55. The SMILES string of the molecule is CCC(C)(C)C(=O)c1ccc(Oc2ccc(OC3=CI(S(=O)(=O)O)C=C(C(C)(C)CC)C=C3)cc2)cc1. The van der Waals surface area contributed by atoms with E-state index in [0.717, 1.165) is 18.4 Å². The van der Waals surface area contributed by atoms with E-state index in [4.69, 9.17) is 9.47 Å². The number of ether oxygens (including phenoxy) is 2. The molecular formula is C29H35IO6S. The number of rotatable bonds is 10. The van der Waals surface area contributed by atoms with Crippen LogP contribution in [0.4, 0.5) is 0 Å². The van der Waals surface area contributed by atoms with Crippen molar-refractivity contribution < 1.29 is 27.2 Å². The minimum absolute atomic E-state index is 0.102. The summed E-state index contributed by atoms with van der Waals surface area (Å²) in [5.74, 6) is 2.19. The first kappa shape index (κ1) is 29.1. The Morgan fingerprint density at radius 1 is 0.811 bits per heavy atom. The van der Waals surface area contributed by atoms with Crippen molar-refractivity contribution in [3.8, 4) is 17.2 Å². The third-order valence-corrected chi connectivity index (χ3v) is 14.7. The van der Waals surface area contributed by atoms with E-state index in [1.807, 2.05) is 47.6 Å². The summed E-state index contributed by atoms with van der Waals surface area (Å²) in [6, 6.07) is 14.0. The van der Waals surface area contributed by atoms with Gasteiger partial charge in [-0.15, -0.1) is 0 Å². The molecule has 2 aromatic carbocycles. The molecule has 0 radical (unpaired) electrons. The van der Waals surface area contributed by atoms with E-state index in [9.17, 15) is 17.8 Å². The van der Waals surface area contributed by atoms with E-state index in [1.54, 1.807) is 62.8 Å². The number of allylic oxidation sites excluding steroid dienone is 3. The summed E-state index contributed by atoms with van der Waals surface area (Å²) in [7, 11) is -4.19. The van der Waals surface area contributed by atoms with Crippen molar-refractivity contribution in [3.63, 3.8) is 0 Å². The van der Waals surface area contributed by atoms with Crippen molar-refractivity contribution in [2.45, 2.75) is 54.4 Å². The molecule has 1 N–H and O–H groups in total. The molecule has 0 aliphatic carbocycles. The molecule has 0 saturated heterocycles. The second-order valence-corrected chi connectivity index (χ2v) is 19.7. The van der Waals surface area contributed by atoms with E-state index in [2.05, 4.69) is 0 Å². The van der Waals surface area contributed by atoms with E-state index in [-0.39, 0.29) is 11.2 Å². The van der Waals surface area contributed by atoms with Gasteiger partial charge < -0.3 is 0 Å². The Morgan fingerprint density at radius 3 is 1.81 bits per heavy atom. The van der Waals surface area contributed by atoms with Crippen LogP contribution in [-0.2, 0) is 7.29 Å². The molecule has 37 heavy (non-hydrogen) atoms. The van der Waals surface area contributed by atoms with E-state index in [1.165, 1.54) is 0 Å². The van der Waals surface area contributed by atoms with Crippen molar-refractivity contribution >= 4 is 31.5 Å². The summed E-state index contributed by atoms with van der Waals surface area (Å²) in [6.45, 7) is 12.0. The van der Waals surface area contributed by atoms with Crippen LogP contribution in [-0.4, -0.2) is 18.8 Å². The Labute approximate surface area is 226 Å². The number of ketones is 1. The van der Waals surface area contributed by atoms with Gasteiger partial charge in [0.25, 0.3) is 0 Å². The van der Waals surface area contributed by atoms with Crippen LogP contribution in [0.3, 0.4) is 0 Å². The maximum absolute atomic E-state index is 12.6. The summed E-state index contributed by atoms with van der Waals surface area (Å²) in [5.41, 5.74) is 0.896. The molecule has 0 saturated carbocycles. The zero-order valence-corrected chi connectivity index (χ0v) is 25.1. The van der Waals surface area contributed by atoms with Gasteiger partial charge in [0, 0.05) is 5.41 Å². The molecule has 0 bridgehead atoms. The average molecular weight is 639 g/mol. The number of carbonyl (C=O) groups excluding carboxylic acids is 1. The van der Waals surface area contributed by atoms with Crippen LogP contribution in [0, 0.1) is 10.8 Å². The predicted octanol–water partition coefficient (Wildman–Crippen LogP) is 8.52. The Balaban J connectivity index is 1.73. The van der Waals surface area contributed by atoms with Gasteiger partial charge in [0.2, 0.25) is 0 Å². The van der Waals surface area contributed by atoms with E-state index in [0.29, 0.717) is 28.6 Å². The first-order valence-corrected chi connectivity index (χ1v) is 18.6. The molecule has 1 heterocycles. The van der Waals surface area contributed by atoms with Gasteiger partial charge in [-0.3, -0.25) is 4.79 Å². The normalized spacial score (nSPS) is 15.5. The summed E-state index contributed by atoms with van der Waals surface area (Å²) < 4.78 is 49.1. The van der Waals surface area contributed by atoms with Crippen molar-refractivity contribution in [1.82, 2.24) is 0 Å². The minimum atomic E-state index is -4.19. The van der Waals surface area contributed by atoms with Crippen LogP contribution >= 0.6 is 18.4 Å². The fourth-order valence-corrected chi connectivity index (χ4v) is 9.54. The average Bonchev–Trinajstić information content (AvgIpc) is 3.09. The zero-order valence-electron chi connectivity index (χ0n) is 22.1. The molecule has 0 spiro atoms. The summed E-state index contributed by atoms with van der Waals surface area (Å²) in [5, 5.41) is 0. The molecular weight excluding hydrogens is 603 g/mol. The van der Waals surface area contributed by atoms with Gasteiger partial charge in [-0.1, -0.05) is 20.8 Å². The van der Waals surface area contributed by atoms with Gasteiger partial charge >= 0.3 is 184 Å². The number of Topliss-reactive ketones (excluding diaryl/α,β-unsaturated/α-hetero) is 1. The second-order valence-electron chi connectivity index (χ2n) is 10.1. The van der Waals surface area contributed by atoms with E-state index >= 15 is 0 Å². The Morgan fingerprint density at radius 2 is 1.32 bits per heavy atom. The fourth-order valence-electron chi connectivity index (χ4n) is 3.32. The number of carbonyl (C=O) groups is 1. The molecule has 200 valence electrons. The van der Waals surface area contributed by atoms with Crippen LogP contribution in [0.5, 0.6) is 17.2 Å². The molecule has 3 rings (SSSR count). The monoisotopic (exact) mass is 638 g/mol. The molecule has 0 unspecified atom stereocenters. The van der Waals surface area contributed by atoms with Gasteiger partial charge in [-0.25, -0.2) is 0 Å². The first-order chi connectivity index (χ1) is 17.2. The molecule has 0 aromatic heterocycles. The molecule has 0 atom stereocenters. The zero-order chi connectivity index (χ0) is 27.4. The third-order valence-electron chi connectivity index (χ3n) is 6.67. The number of halogens is 1. The van der Waals surface area contributed by atoms with E-state index < -0.39 is 31.1 Å². The summed E-state index contributed by atoms with van der Waals surface area (Å²) in [6.07, 6.45) is 5.20. The Kier molecular flexibility index (Phi) is 9.08. The Hall–Kier alpha value is -2.43. The fraction of sp³-hybridized carbons (Fsp3) is 0.345. The maximum atomic E-state index is 12.6.